The number of benzene rings is 2. The monoisotopic (exact) mass is 420 g/mol. The average Bonchev–Trinajstić information content (AvgIpc) is 2.70. The number of non-ortho nitro benzene ring substituents is 1. The molecule has 1 amide bonds. The second-order valence-corrected chi connectivity index (χ2v) is 7.14. The van der Waals surface area contributed by atoms with Gasteiger partial charge in [0.05, 0.1) is 21.6 Å². The largest absolute Gasteiger partial charge is 0.379 e. The Labute approximate surface area is 172 Å². The lowest BCUT2D eigenvalue weighted by atomic mass is 10.0. The number of aliphatic imine (C=N–C) groups is 1. The van der Waals surface area contributed by atoms with Crippen LogP contribution < -0.4 is 11.1 Å². The minimum atomic E-state index is -0.572. The molecule has 0 aromatic heterocycles. The molecule has 2 aromatic rings. The van der Waals surface area contributed by atoms with Gasteiger partial charge in [0.15, 0.2) is 5.17 Å². The zero-order valence-electron chi connectivity index (χ0n) is 15.5. The highest BCUT2D eigenvalue weighted by Gasteiger charge is 2.18. The van der Waals surface area contributed by atoms with E-state index in [1.165, 1.54) is 23.9 Å². The lowest BCUT2D eigenvalue weighted by molar-refractivity contribution is -0.384. The fourth-order valence-corrected chi connectivity index (χ4v) is 3.55. The number of nitrogens with two attached hydrogens (primary N) is 1. The van der Waals surface area contributed by atoms with Gasteiger partial charge in [0.25, 0.3) is 11.6 Å². The summed E-state index contributed by atoms with van der Waals surface area (Å²) in [6.45, 7) is 4.00. The molecule has 9 heteroatoms. The number of carbonyl (C=O) groups is 1. The third-order valence-electron chi connectivity index (χ3n) is 3.86. The van der Waals surface area contributed by atoms with Crippen LogP contribution >= 0.6 is 23.4 Å². The van der Waals surface area contributed by atoms with Crippen LogP contribution in [-0.2, 0) is 0 Å². The van der Waals surface area contributed by atoms with Crippen molar-refractivity contribution in [2.45, 2.75) is 26.3 Å². The third-order valence-corrected chi connectivity index (χ3v) is 5.03. The van der Waals surface area contributed by atoms with Crippen LogP contribution in [-0.4, -0.2) is 21.8 Å². The predicted molar refractivity (Wildman–Crippen MR) is 115 cm³/mol. The lowest BCUT2D eigenvalue weighted by Gasteiger charge is -2.19. The van der Waals surface area contributed by atoms with Crippen molar-refractivity contribution in [1.82, 2.24) is 0 Å². The molecule has 3 rings (SSSR count). The van der Waals surface area contributed by atoms with Gasteiger partial charge in [-0.3, -0.25) is 19.9 Å². The van der Waals surface area contributed by atoms with Gasteiger partial charge in [0.2, 0.25) is 0 Å². The molecule has 0 fully saturated rings. The Morgan fingerprint density at radius 2 is 2.07 bits per heavy atom. The summed E-state index contributed by atoms with van der Waals surface area (Å²) in [5, 5.41) is 14.3. The molecule has 2 aromatic carbocycles. The molecule has 0 aliphatic carbocycles. The fraction of sp³-hybridized carbons (Fsp3) is 0.263. The molecule has 0 saturated carbocycles. The maximum atomic E-state index is 12.5. The van der Waals surface area contributed by atoms with Crippen molar-refractivity contribution >= 4 is 45.8 Å². The maximum absolute atomic E-state index is 12.5. The van der Waals surface area contributed by atoms with Gasteiger partial charge in [-0.25, -0.2) is 0 Å². The standard InChI is InChI=1S/C17H15ClN4O3S.C2H6/c18-14-5-4-12(22(24)25)9-13(14)16(23)20-11-3-1-2-10(8-11)15-6-7-26-17(19)21-15;1-2/h1-5,8-9,15H,6-7H2,(H2,19,21)(H,20,23);1-2H3. The third kappa shape index (κ3) is 5.46. The van der Waals surface area contributed by atoms with Gasteiger partial charge in [-0.1, -0.05) is 49.3 Å². The van der Waals surface area contributed by atoms with Gasteiger partial charge in [-0.15, -0.1) is 0 Å². The minimum Gasteiger partial charge on any atom is -0.379 e. The molecular weight excluding hydrogens is 400 g/mol. The number of nitrogens with zero attached hydrogens (tertiary/aromatic N) is 2. The zero-order chi connectivity index (χ0) is 20.7. The molecule has 0 radical (unpaired) electrons. The Hall–Kier alpha value is -2.58. The number of carbonyl (C=O) groups excluding carboxylic acids is 1. The summed E-state index contributed by atoms with van der Waals surface area (Å²) in [6, 6.07) is 11.0. The normalized spacial score (nSPS) is 15.7. The number of nitrogens with one attached hydrogen (secondary N) is 1. The second-order valence-electron chi connectivity index (χ2n) is 5.62. The van der Waals surface area contributed by atoms with Crippen molar-refractivity contribution in [3.8, 4) is 0 Å². The summed E-state index contributed by atoms with van der Waals surface area (Å²) in [4.78, 5) is 27.2. The van der Waals surface area contributed by atoms with Crippen molar-refractivity contribution in [2.75, 3.05) is 11.1 Å². The summed E-state index contributed by atoms with van der Waals surface area (Å²) in [5.41, 5.74) is 7.13. The van der Waals surface area contributed by atoms with Gasteiger partial charge in [-0.2, -0.15) is 0 Å². The summed E-state index contributed by atoms with van der Waals surface area (Å²) >= 11 is 7.54. The first-order valence-electron chi connectivity index (χ1n) is 8.75. The SMILES string of the molecule is CC.NC1=NC(c2cccc(NC(=O)c3cc([N+](=O)[O-])ccc3Cl)c2)CCS1. The van der Waals surface area contributed by atoms with Gasteiger partial charge in [0.1, 0.15) is 0 Å². The molecule has 3 N–H and O–H groups in total. The van der Waals surface area contributed by atoms with E-state index in [2.05, 4.69) is 10.3 Å². The Balaban J connectivity index is 0.00000136. The zero-order valence-corrected chi connectivity index (χ0v) is 17.1. The topological polar surface area (TPSA) is 111 Å². The highest BCUT2D eigenvalue weighted by Crippen LogP contribution is 2.30. The number of amidine groups is 1. The highest BCUT2D eigenvalue weighted by atomic mass is 35.5. The molecular formula is C19H21ClN4O3S. The minimum absolute atomic E-state index is 0.0441. The van der Waals surface area contributed by atoms with Gasteiger partial charge < -0.3 is 11.1 Å². The van der Waals surface area contributed by atoms with E-state index in [1.807, 2.05) is 32.0 Å². The van der Waals surface area contributed by atoms with E-state index < -0.39 is 10.8 Å². The van der Waals surface area contributed by atoms with Crippen molar-refractivity contribution in [3.05, 3.63) is 68.7 Å². The van der Waals surface area contributed by atoms with Crippen LogP contribution in [0.4, 0.5) is 11.4 Å². The molecule has 7 nitrogen and oxygen atoms in total. The average molecular weight is 421 g/mol. The number of anilines is 1. The van der Waals surface area contributed by atoms with Crippen molar-refractivity contribution < 1.29 is 9.72 Å². The van der Waals surface area contributed by atoms with E-state index in [9.17, 15) is 14.9 Å². The number of nitro benzene ring substituents is 1. The lowest BCUT2D eigenvalue weighted by Crippen LogP contribution is -2.16. The van der Waals surface area contributed by atoms with Crippen LogP contribution in [0.3, 0.4) is 0 Å². The fourth-order valence-electron chi connectivity index (χ4n) is 2.59. The molecule has 0 spiro atoms. The van der Waals surface area contributed by atoms with E-state index in [-0.39, 0.29) is 22.3 Å². The van der Waals surface area contributed by atoms with Crippen LogP contribution in [0.1, 0.15) is 42.2 Å². The maximum Gasteiger partial charge on any atom is 0.270 e. The summed E-state index contributed by atoms with van der Waals surface area (Å²) in [5.74, 6) is 0.373. The molecule has 1 aliphatic heterocycles. The summed E-state index contributed by atoms with van der Waals surface area (Å²) < 4.78 is 0. The van der Waals surface area contributed by atoms with Crippen LogP contribution in [0.5, 0.6) is 0 Å². The van der Waals surface area contributed by atoms with Crippen molar-refractivity contribution in [2.24, 2.45) is 10.7 Å². The van der Waals surface area contributed by atoms with E-state index >= 15 is 0 Å². The Morgan fingerprint density at radius 1 is 1.32 bits per heavy atom. The number of hydrogen-bond donors (Lipinski definition) is 2. The first-order valence-corrected chi connectivity index (χ1v) is 10.1. The van der Waals surface area contributed by atoms with E-state index in [0.29, 0.717) is 10.9 Å². The summed E-state index contributed by atoms with van der Waals surface area (Å²) in [7, 11) is 0. The van der Waals surface area contributed by atoms with Gasteiger partial charge in [-0.05, 0) is 30.2 Å². The summed E-state index contributed by atoms with van der Waals surface area (Å²) in [6.07, 6.45) is 0.861. The number of rotatable bonds is 4. The first kappa shape index (κ1) is 21.7. The van der Waals surface area contributed by atoms with Gasteiger partial charge in [0, 0.05) is 23.6 Å². The number of hydrogen-bond acceptors (Lipinski definition) is 6. The Morgan fingerprint density at radius 3 is 2.75 bits per heavy atom. The Kier molecular flexibility index (Phi) is 7.83. The van der Waals surface area contributed by atoms with Crippen LogP contribution in [0.2, 0.25) is 5.02 Å². The van der Waals surface area contributed by atoms with Crippen molar-refractivity contribution in [1.29, 1.82) is 0 Å². The molecule has 1 aliphatic rings. The number of halogens is 1. The molecule has 1 unspecified atom stereocenters. The second kappa shape index (κ2) is 10.1. The number of thioether (sulfide) groups is 1. The Bertz CT molecular complexity index is 904. The van der Waals surface area contributed by atoms with Crippen molar-refractivity contribution in [3.63, 3.8) is 0 Å². The van der Waals surface area contributed by atoms with E-state index in [1.54, 1.807) is 6.07 Å². The molecule has 1 heterocycles. The van der Waals surface area contributed by atoms with Crippen LogP contribution in [0, 0.1) is 10.1 Å². The molecule has 28 heavy (non-hydrogen) atoms. The first-order chi connectivity index (χ1) is 13.4. The predicted octanol–water partition coefficient (Wildman–Crippen LogP) is 5.02. The van der Waals surface area contributed by atoms with Crippen LogP contribution in [0.25, 0.3) is 0 Å². The number of amides is 1. The quantitative estimate of drug-likeness (QED) is 0.532. The van der Waals surface area contributed by atoms with E-state index in [4.69, 9.17) is 17.3 Å². The van der Waals surface area contributed by atoms with Crippen LogP contribution in [0.15, 0.2) is 47.5 Å². The highest BCUT2D eigenvalue weighted by molar-refractivity contribution is 8.13. The van der Waals surface area contributed by atoms with Gasteiger partial charge >= 0.3 is 0 Å². The smallest absolute Gasteiger partial charge is 0.270 e. The molecule has 1 atom stereocenters. The number of nitro groups is 1. The molecule has 0 saturated heterocycles. The molecule has 0 bridgehead atoms. The van der Waals surface area contributed by atoms with E-state index in [0.717, 1.165) is 23.8 Å². The molecule has 148 valence electrons.